The van der Waals surface area contributed by atoms with Gasteiger partial charge in [-0.15, -0.1) is 11.8 Å². The van der Waals surface area contributed by atoms with E-state index >= 15 is 0 Å². The lowest BCUT2D eigenvalue weighted by molar-refractivity contribution is -0.114. The van der Waals surface area contributed by atoms with Crippen molar-refractivity contribution in [3.8, 4) is 0 Å². The van der Waals surface area contributed by atoms with Crippen LogP contribution in [0.5, 0.6) is 0 Å². The minimum atomic E-state index is 0.292. The van der Waals surface area contributed by atoms with Gasteiger partial charge in [0.05, 0.1) is 5.75 Å². The third-order valence-electron chi connectivity index (χ3n) is 0.681. The molecule has 33 valence electrons. The van der Waals surface area contributed by atoms with Gasteiger partial charge in [-0.05, 0) is 0 Å². The fourth-order valence-electron chi connectivity index (χ4n) is 0.370. The minimum Gasteiger partial charge on any atom is -0.298 e. The lowest BCUT2D eigenvalue weighted by Crippen LogP contribution is -1.83. The van der Waals surface area contributed by atoms with Crippen LogP contribution in [0, 0.1) is 5.75 Å². The molecule has 2 heteroatoms. The lowest BCUT2D eigenvalue weighted by atomic mass is 10.4. The van der Waals surface area contributed by atoms with Crippen molar-refractivity contribution in [2.45, 2.75) is 6.42 Å². The normalized spacial score (nSPS) is 22.3. The summed E-state index contributed by atoms with van der Waals surface area (Å²) in [4.78, 5) is 10.2. The molecule has 0 unspecified atom stereocenters. The second kappa shape index (κ2) is 1.65. The van der Waals surface area contributed by atoms with Crippen molar-refractivity contribution in [2.24, 2.45) is 0 Å². The Hall–Kier alpha value is 0.0200. The highest BCUT2D eigenvalue weighted by molar-refractivity contribution is 8.02. The standard InChI is InChI=1S/C4H5OS/c5-4-1-2-6-3-4/h3H,1-2H2. The van der Waals surface area contributed by atoms with Gasteiger partial charge < -0.3 is 0 Å². The van der Waals surface area contributed by atoms with E-state index in [1.807, 2.05) is 0 Å². The van der Waals surface area contributed by atoms with E-state index in [2.05, 4.69) is 0 Å². The van der Waals surface area contributed by atoms with Gasteiger partial charge in [0.25, 0.3) is 0 Å². The molecule has 0 amide bonds. The Labute approximate surface area is 41.1 Å². The summed E-state index contributed by atoms with van der Waals surface area (Å²) in [6.07, 6.45) is 0.755. The number of carbonyl (C=O) groups is 1. The van der Waals surface area contributed by atoms with Gasteiger partial charge >= 0.3 is 0 Å². The molecule has 0 N–H and O–H groups in total. The van der Waals surface area contributed by atoms with Crippen LogP contribution in [0.1, 0.15) is 6.42 Å². The van der Waals surface area contributed by atoms with Crippen LogP contribution < -0.4 is 0 Å². The minimum absolute atomic E-state index is 0.292. The molecule has 1 aliphatic rings. The first-order chi connectivity index (χ1) is 2.89. The molecule has 0 aromatic rings. The van der Waals surface area contributed by atoms with Crippen LogP contribution in [0.25, 0.3) is 0 Å². The van der Waals surface area contributed by atoms with Crippen LogP contribution in [0.4, 0.5) is 0 Å². The van der Waals surface area contributed by atoms with E-state index < -0.39 is 0 Å². The number of ketones is 1. The van der Waals surface area contributed by atoms with Crippen molar-refractivity contribution in [1.29, 1.82) is 0 Å². The van der Waals surface area contributed by atoms with Crippen molar-refractivity contribution in [3.05, 3.63) is 5.75 Å². The van der Waals surface area contributed by atoms with Crippen molar-refractivity contribution < 1.29 is 4.79 Å². The van der Waals surface area contributed by atoms with Crippen LogP contribution in [0.15, 0.2) is 0 Å². The van der Waals surface area contributed by atoms with Crippen molar-refractivity contribution >= 4 is 17.5 Å². The van der Waals surface area contributed by atoms with E-state index in [0.29, 0.717) is 5.78 Å². The van der Waals surface area contributed by atoms with Crippen molar-refractivity contribution in [2.75, 3.05) is 5.75 Å². The highest BCUT2D eigenvalue weighted by Gasteiger charge is 2.08. The molecule has 1 radical (unpaired) electrons. The summed E-state index contributed by atoms with van der Waals surface area (Å²) in [6, 6.07) is 0. The second-order valence-corrected chi connectivity index (χ2v) is 2.18. The smallest absolute Gasteiger partial charge is 0.148 e. The first kappa shape index (κ1) is 4.19. The van der Waals surface area contributed by atoms with Crippen LogP contribution in [-0.2, 0) is 4.79 Å². The highest BCUT2D eigenvalue weighted by atomic mass is 32.2. The molecule has 1 rings (SSSR count). The molecule has 1 saturated heterocycles. The molecule has 0 atom stereocenters. The van der Waals surface area contributed by atoms with E-state index in [4.69, 9.17) is 0 Å². The molecule has 1 heterocycles. The average Bonchev–Trinajstić information content (AvgIpc) is 1.86. The predicted octanol–water partition coefficient (Wildman–Crippen LogP) is 0.854. The quantitative estimate of drug-likeness (QED) is 0.450. The largest absolute Gasteiger partial charge is 0.298 e. The number of thioether (sulfide) groups is 1. The van der Waals surface area contributed by atoms with Gasteiger partial charge in [0.2, 0.25) is 0 Å². The zero-order valence-electron chi connectivity index (χ0n) is 3.31. The number of hydrogen-bond acceptors (Lipinski definition) is 2. The third-order valence-corrected chi connectivity index (χ3v) is 1.55. The maximum absolute atomic E-state index is 10.2. The lowest BCUT2D eigenvalue weighted by Gasteiger charge is -1.69. The van der Waals surface area contributed by atoms with E-state index in [1.54, 1.807) is 17.5 Å². The summed E-state index contributed by atoms with van der Waals surface area (Å²) >= 11 is 1.61. The van der Waals surface area contributed by atoms with Gasteiger partial charge in [0.15, 0.2) is 0 Å². The molecule has 0 bridgehead atoms. The maximum Gasteiger partial charge on any atom is 0.148 e. The Balaban J connectivity index is 2.37. The Morgan fingerprint density at radius 3 is 2.83 bits per heavy atom. The molecule has 0 spiro atoms. The van der Waals surface area contributed by atoms with E-state index in [-0.39, 0.29) is 0 Å². The number of hydrogen-bond donors (Lipinski definition) is 0. The Morgan fingerprint density at radius 2 is 2.67 bits per heavy atom. The molecule has 1 fully saturated rings. The second-order valence-electron chi connectivity index (χ2n) is 1.20. The molecule has 0 aromatic heterocycles. The summed E-state index contributed by atoms with van der Waals surface area (Å²) in [5.41, 5.74) is 0. The summed E-state index contributed by atoms with van der Waals surface area (Å²) in [5.74, 6) is 2.97. The average molecular weight is 101 g/mol. The molecule has 1 aliphatic heterocycles. The van der Waals surface area contributed by atoms with Gasteiger partial charge in [-0.25, -0.2) is 0 Å². The van der Waals surface area contributed by atoms with Crippen LogP contribution in [-0.4, -0.2) is 11.5 Å². The zero-order chi connectivity index (χ0) is 4.41. The van der Waals surface area contributed by atoms with Crippen molar-refractivity contribution in [3.63, 3.8) is 0 Å². The summed E-state index contributed by atoms with van der Waals surface area (Å²) < 4.78 is 0. The van der Waals surface area contributed by atoms with E-state index in [0.717, 1.165) is 12.2 Å². The predicted molar refractivity (Wildman–Crippen MR) is 26.4 cm³/mol. The van der Waals surface area contributed by atoms with Gasteiger partial charge in [-0.1, -0.05) is 0 Å². The molecule has 0 aromatic carbocycles. The zero-order valence-corrected chi connectivity index (χ0v) is 4.12. The molecule has 0 saturated carbocycles. The number of carbonyl (C=O) groups excluding carboxylic acids is 1. The van der Waals surface area contributed by atoms with Gasteiger partial charge in [0, 0.05) is 12.2 Å². The highest BCUT2D eigenvalue weighted by Crippen LogP contribution is 2.16. The van der Waals surface area contributed by atoms with Crippen LogP contribution in [0.3, 0.4) is 0 Å². The fourth-order valence-corrected chi connectivity index (χ4v) is 1.11. The van der Waals surface area contributed by atoms with Gasteiger partial charge in [-0.3, -0.25) is 4.79 Å². The monoisotopic (exact) mass is 101 g/mol. The fraction of sp³-hybridized carbons (Fsp3) is 0.500. The topological polar surface area (TPSA) is 17.1 Å². The van der Waals surface area contributed by atoms with Crippen LogP contribution in [0.2, 0.25) is 0 Å². The molecular formula is C4H5OS. The molecule has 6 heavy (non-hydrogen) atoms. The summed E-state index contributed by atoms with van der Waals surface area (Å²) in [7, 11) is 0. The van der Waals surface area contributed by atoms with E-state index in [9.17, 15) is 4.79 Å². The molecule has 1 nitrogen and oxygen atoms in total. The maximum atomic E-state index is 10.2. The van der Waals surface area contributed by atoms with Gasteiger partial charge in [-0.2, -0.15) is 0 Å². The Morgan fingerprint density at radius 1 is 1.83 bits per heavy atom. The Bertz CT molecular complexity index is 61.9. The third kappa shape index (κ3) is 0.744. The van der Waals surface area contributed by atoms with Crippen molar-refractivity contribution in [1.82, 2.24) is 0 Å². The SMILES string of the molecule is O=C1[CH]SCC1. The van der Waals surface area contributed by atoms with Crippen LogP contribution >= 0.6 is 11.8 Å². The number of Topliss-reactive ketones (excluding diaryl/α,β-unsaturated/α-hetero) is 1. The Kier molecular flexibility index (Phi) is 1.15. The van der Waals surface area contributed by atoms with Gasteiger partial charge in [0.1, 0.15) is 5.78 Å². The first-order valence-corrected chi connectivity index (χ1v) is 2.92. The summed E-state index contributed by atoms with van der Waals surface area (Å²) in [5, 5.41) is 0. The number of rotatable bonds is 0. The molecular weight excluding hydrogens is 96.1 g/mol. The molecule has 0 aliphatic carbocycles. The van der Waals surface area contributed by atoms with E-state index in [1.165, 1.54) is 0 Å². The summed E-state index contributed by atoms with van der Waals surface area (Å²) in [6.45, 7) is 0. The first-order valence-electron chi connectivity index (χ1n) is 1.87.